The molecular weight excluding hydrogens is 216 g/mol. The predicted octanol–water partition coefficient (Wildman–Crippen LogP) is 1.39. The van der Waals surface area contributed by atoms with E-state index in [1.54, 1.807) is 6.92 Å². The molecule has 0 radical (unpaired) electrons. The molecule has 5 nitrogen and oxygen atoms in total. The van der Waals surface area contributed by atoms with Crippen LogP contribution in [0.2, 0.25) is 0 Å². The minimum atomic E-state index is 0.241. The smallest absolute Gasteiger partial charge is 0.224 e. The molecule has 1 unspecified atom stereocenters. The zero-order chi connectivity index (χ0) is 12.4. The number of ketones is 1. The van der Waals surface area contributed by atoms with Crippen LogP contribution in [0.3, 0.4) is 0 Å². The number of anilines is 2. The Balaban J connectivity index is 2.23. The van der Waals surface area contributed by atoms with E-state index in [-0.39, 0.29) is 5.78 Å². The van der Waals surface area contributed by atoms with E-state index in [1.807, 2.05) is 14.0 Å². The quantitative estimate of drug-likeness (QED) is 0.827. The van der Waals surface area contributed by atoms with E-state index < -0.39 is 0 Å². The van der Waals surface area contributed by atoms with Gasteiger partial charge in [-0.2, -0.15) is 4.98 Å². The summed E-state index contributed by atoms with van der Waals surface area (Å²) in [4.78, 5) is 19.9. The first-order valence-electron chi connectivity index (χ1n) is 5.88. The van der Waals surface area contributed by atoms with Crippen LogP contribution in [0.25, 0.3) is 0 Å². The Bertz CT molecular complexity index is 444. The van der Waals surface area contributed by atoms with Gasteiger partial charge in [0.2, 0.25) is 5.95 Å². The maximum atomic E-state index is 11.1. The summed E-state index contributed by atoms with van der Waals surface area (Å²) in [5, 5.41) is 6.24. The molecule has 0 amide bonds. The van der Waals surface area contributed by atoms with Crippen LogP contribution in [0, 0.1) is 12.8 Å². The zero-order valence-corrected chi connectivity index (χ0v) is 10.5. The average Bonchev–Trinajstić information content (AvgIpc) is 2.29. The Morgan fingerprint density at radius 3 is 2.94 bits per heavy atom. The van der Waals surface area contributed by atoms with Crippen LogP contribution >= 0.6 is 0 Å². The normalized spacial score (nSPS) is 18.2. The van der Waals surface area contributed by atoms with E-state index in [4.69, 9.17) is 0 Å². The fraction of sp³-hybridized carbons (Fsp3) is 0.583. The van der Waals surface area contributed by atoms with Crippen molar-refractivity contribution in [3.8, 4) is 0 Å². The molecular formula is C12H18N4O. The Morgan fingerprint density at radius 1 is 1.53 bits per heavy atom. The molecule has 0 spiro atoms. The number of hydrogen-bond donors (Lipinski definition) is 2. The number of aromatic nitrogens is 2. The van der Waals surface area contributed by atoms with Crippen molar-refractivity contribution in [2.24, 2.45) is 5.92 Å². The molecule has 2 rings (SSSR count). The highest BCUT2D eigenvalue weighted by Gasteiger charge is 2.23. The van der Waals surface area contributed by atoms with E-state index in [9.17, 15) is 4.79 Å². The van der Waals surface area contributed by atoms with Crippen molar-refractivity contribution in [3.63, 3.8) is 0 Å². The number of rotatable bonds is 3. The van der Waals surface area contributed by atoms with Crippen LogP contribution in [-0.4, -0.2) is 29.3 Å². The molecule has 0 saturated heterocycles. The molecule has 1 aliphatic heterocycles. The second kappa shape index (κ2) is 4.69. The highest BCUT2D eigenvalue weighted by molar-refractivity contribution is 5.76. The van der Waals surface area contributed by atoms with Crippen LogP contribution in [0.4, 0.5) is 11.8 Å². The third kappa shape index (κ3) is 2.54. The summed E-state index contributed by atoms with van der Waals surface area (Å²) < 4.78 is 0. The van der Waals surface area contributed by atoms with Crippen molar-refractivity contribution >= 4 is 17.5 Å². The summed E-state index contributed by atoms with van der Waals surface area (Å²) in [7, 11) is 1.81. The van der Waals surface area contributed by atoms with Crippen molar-refractivity contribution in [3.05, 3.63) is 11.3 Å². The van der Waals surface area contributed by atoms with Crippen LogP contribution in [0.15, 0.2) is 0 Å². The average molecular weight is 234 g/mol. The number of aryl methyl sites for hydroxylation is 1. The number of hydrogen-bond acceptors (Lipinski definition) is 5. The van der Waals surface area contributed by atoms with Gasteiger partial charge >= 0.3 is 0 Å². The van der Waals surface area contributed by atoms with Crippen molar-refractivity contribution < 1.29 is 4.79 Å². The summed E-state index contributed by atoms with van der Waals surface area (Å²) in [6.45, 7) is 4.44. The number of nitrogens with one attached hydrogen (secondary N) is 2. The van der Waals surface area contributed by atoms with Gasteiger partial charge in [-0.05, 0) is 26.2 Å². The predicted molar refractivity (Wildman–Crippen MR) is 67.3 cm³/mol. The van der Waals surface area contributed by atoms with Gasteiger partial charge in [-0.1, -0.05) is 0 Å². The third-order valence-corrected chi connectivity index (χ3v) is 3.06. The highest BCUT2D eigenvalue weighted by Crippen LogP contribution is 2.27. The van der Waals surface area contributed by atoms with E-state index in [2.05, 4.69) is 20.6 Å². The molecule has 2 N–H and O–H groups in total. The van der Waals surface area contributed by atoms with Gasteiger partial charge < -0.3 is 15.4 Å². The van der Waals surface area contributed by atoms with Crippen molar-refractivity contribution in [2.75, 3.05) is 24.2 Å². The standard InChI is InChI=1S/C12H18N4O/c1-7(17)4-9-5-10-8(2)15-12(13-3)16-11(10)14-6-9/h9H,4-6H2,1-3H3,(H2,13,14,15,16). The summed E-state index contributed by atoms with van der Waals surface area (Å²) in [6, 6.07) is 0. The van der Waals surface area contributed by atoms with Crippen molar-refractivity contribution in [2.45, 2.75) is 26.7 Å². The molecule has 17 heavy (non-hydrogen) atoms. The second-order valence-corrected chi connectivity index (χ2v) is 4.57. The molecule has 2 heterocycles. The number of nitrogens with zero attached hydrogens (tertiary/aromatic N) is 2. The summed E-state index contributed by atoms with van der Waals surface area (Å²) in [5.41, 5.74) is 2.13. The second-order valence-electron chi connectivity index (χ2n) is 4.57. The van der Waals surface area contributed by atoms with Gasteiger partial charge in [0.05, 0.1) is 0 Å². The van der Waals surface area contributed by atoms with Gasteiger partial charge in [0.1, 0.15) is 11.6 Å². The molecule has 1 aliphatic rings. The maximum absolute atomic E-state index is 11.1. The molecule has 1 aromatic rings. The number of carbonyl (C=O) groups is 1. The topological polar surface area (TPSA) is 66.9 Å². The van der Waals surface area contributed by atoms with Gasteiger partial charge in [-0.25, -0.2) is 4.98 Å². The van der Waals surface area contributed by atoms with Gasteiger partial charge in [0, 0.05) is 31.3 Å². The summed E-state index contributed by atoms with van der Waals surface area (Å²) in [5.74, 6) is 2.15. The number of carbonyl (C=O) groups excluding carboxylic acids is 1. The molecule has 0 aliphatic carbocycles. The number of Topliss-reactive ketones (excluding diaryl/α,β-unsaturated/α-hetero) is 1. The largest absolute Gasteiger partial charge is 0.369 e. The maximum Gasteiger partial charge on any atom is 0.224 e. The first kappa shape index (κ1) is 11.8. The molecule has 92 valence electrons. The molecule has 0 saturated carbocycles. The van der Waals surface area contributed by atoms with Gasteiger partial charge in [0.15, 0.2) is 0 Å². The lowest BCUT2D eigenvalue weighted by molar-refractivity contribution is -0.117. The molecule has 0 fully saturated rings. The fourth-order valence-corrected chi connectivity index (χ4v) is 2.25. The Hall–Kier alpha value is -1.65. The minimum Gasteiger partial charge on any atom is -0.369 e. The van der Waals surface area contributed by atoms with Crippen LogP contribution < -0.4 is 10.6 Å². The van der Waals surface area contributed by atoms with E-state index in [0.717, 1.165) is 30.0 Å². The zero-order valence-electron chi connectivity index (χ0n) is 10.5. The number of fused-ring (bicyclic) bond motifs is 1. The lowest BCUT2D eigenvalue weighted by Gasteiger charge is -2.25. The van der Waals surface area contributed by atoms with Gasteiger partial charge in [-0.15, -0.1) is 0 Å². The SMILES string of the molecule is CNc1nc(C)c2c(n1)NCC(CC(C)=O)C2. The minimum absolute atomic E-state index is 0.241. The third-order valence-electron chi connectivity index (χ3n) is 3.06. The molecule has 5 heteroatoms. The monoisotopic (exact) mass is 234 g/mol. The molecule has 0 aromatic carbocycles. The highest BCUT2D eigenvalue weighted by atomic mass is 16.1. The lowest BCUT2D eigenvalue weighted by Crippen LogP contribution is -2.27. The van der Waals surface area contributed by atoms with E-state index in [1.165, 1.54) is 0 Å². The Morgan fingerprint density at radius 2 is 2.29 bits per heavy atom. The summed E-state index contributed by atoms with van der Waals surface area (Å²) >= 11 is 0. The van der Waals surface area contributed by atoms with E-state index >= 15 is 0 Å². The Labute approximate surface area is 101 Å². The first-order valence-corrected chi connectivity index (χ1v) is 5.88. The van der Waals surface area contributed by atoms with Crippen molar-refractivity contribution in [1.82, 2.24) is 9.97 Å². The first-order chi connectivity index (χ1) is 8.10. The lowest BCUT2D eigenvalue weighted by atomic mass is 9.91. The van der Waals surface area contributed by atoms with Crippen molar-refractivity contribution in [1.29, 1.82) is 0 Å². The summed E-state index contributed by atoms with van der Waals surface area (Å²) in [6.07, 6.45) is 1.51. The fourth-order valence-electron chi connectivity index (χ4n) is 2.25. The van der Waals surface area contributed by atoms with Crippen LogP contribution in [0.1, 0.15) is 24.6 Å². The van der Waals surface area contributed by atoms with Gasteiger partial charge in [-0.3, -0.25) is 0 Å². The Kier molecular flexibility index (Phi) is 3.26. The van der Waals surface area contributed by atoms with Gasteiger partial charge in [0.25, 0.3) is 0 Å². The molecule has 1 aromatic heterocycles. The van der Waals surface area contributed by atoms with Crippen LogP contribution in [0.5, 0.6) is 0 Å². The molecule has 1 atom stereocenters. The van der Waals surface area contributed by atoms with Crippen LogP contribution in [-0.2, 0) is 11.2 Å². The molecule has 0 bridgehead atoms. The van der Waals surface area contributed by atoms with E-state index in [0.29, 0.717) is 18.3 Å².